The first-order chi connectivity index (χ1) is 12.6. The molecule has 26 heavy (non-hydrogen) atoms. The third-order valence-corrected chi connectivity index (χ3v) is 4.38. The standard InChI is InChI=1S/C22H21NO3/c1-3-15(2)21(24)23-19-11-8-17(9-12-19)22(25)26-20-13-10-16-6-4-5-7-18(16)14-20/h4-15H,3H2,1-2H3,(H,23,24). The first kappa shape index (κ1) is 17.7. The maximum Gasteiger partial charge on any atom is 0.343 e. The number of rotatable bonds is 5. The SMILES string of the molecule is CCC(C)C(=O)Nc1ccc(C(=O)Oc2ccc3ccccc3c2)cc1. The van der Waals surface area contributed by atoms with E-state index in [1.54, 1.807) is 30.3 Å². The van der Waals surface area contributed by atoms with Crippen molar-refractivity contribution >= 4 is 28.3 Å². The number of carbonyl (C=O) groups is 2. The van der Waals surface area contributed by atoms with Crippen molar-refractivity contribution in [2.45, 2.75) is 20.3 Å². The van der Waals surface area contributed by atoms with E-state index in [1.165, 1.54) is 0 Å². The monoisotopic (exact) mass is 347 g/mol. The molecular weight excluding hydrogens is 326 g/mol. The summed E-state index contributed by atoms with van der Waals surface area (Å²) in [4.78, 5) is 24.2. The minimum absolute atomic E-state index is 0.0287. The maximum absolute atomic E-state index is 12.3. The molecule has 0 saturated heterocycles. The van der Waals surface area contributed by atoms with Crippen LogP contribution in [0.5, 0.6) is 5.75 Å². The molecule has 0 aliphatic carbocycles. The van der Waals surface area contributed by atoms with Gasteiger partial charge in [0.15, 0.2) is 0 Å². The smallest absolute Gasteiger partial charge is 0.343 e. The highest BCUT2D eigenvalue weighted by Crippen LogP contribution is 2.22. The van der Waals surface area contributed by atoms with Gasteiger partial charge in [-0.25, -0.2) is 4.79 Å². The van der Waals surface area contributed by atoms with Crippen molar-refractivity contribution < 1.29 is 14.3 Å². The van der Waals surface area contributed by atoms with Gasteiger partial charge in [-0.05, 0) is 53.6 Å². The fourth-order valence-corrected chi connectivity index (χ4v) is 2.54. The molecule has 0 bridgehead atoms. The first-order valence-corrected chi connectivity index (χ1v) is 8.68. The lowest BCUT2D eigenvalue weighted by atomic mass is 10.1. The van der Waals surface area contributed by atoms with Crippen molar-refractivity contribution in [3.05, 3.63) is 72.3 Å². The second-order valence-electron chi connectivity index (χ2n) is 6.27. The summed E-state index contributed by atoms with van der Waals surface area (Å²) in [7, 11) is 0. The highest BCUT2D eigenvalue weighted by Gasteiger charge is 2.12. The van der Waals surface area contributed by atoms with Crippen LogP contribution in [0, 0.1) is 5.92 Å². The van der Waals surface area contributed by atoms with E-state index in [9.17, 15) is 9.59 Å². The summed E-state index contributed by atoms with van der Waals surface area (Å²) in [6.45, 7) is 3.85. The molecule has 1 N–H and O–H groups in total. The number of carbonyl (C=O) groups excluding carboxylic acids is 2. The van der Waals surface area contributed by atoms with Gasteiger partial charge in [-0.2, -0.15) is 0 Å². The Kier molecular flexibility index (Phi) is 5.32. The molecule has 3 rings (SSSR count). The Morgan fingerprint density at radius 1 is 0.962 bits per heavy atom. The van der Waals surface area contributed by atoms with E-state index in [4.69, 9.17) is 4.74 Å². The maximum atomic E-state index is 12.3. The summed E-state index contributed by atoms with van der Waals surface area (Å²) in [6.07, 6.45) is 0.780. The van der Waals surface area contributed by atoms with Gasteiger partial charge < -0.3 is 10.1 Å². The van der Waals surface area contributed by atoms with Crippen molar-refractivity contribution in [2.24, 2.45) is 5.92 Å². The molecule has 0 aromatic heterocycles. The van der Waals surface area contributed by atoms with Crippen molar-refractivity contribution in [1.29, 1.82) is 0 Å². The van der Waals surface area contributed by atoms with Crippen LogP contribution in [-0.2, 0) is 4.79 Å². The van der Waals surface area contributed by atoms with Crippen molar-refractivity contribution in [3.63, 3.8) is 0 Å². The van der Waals surface area contributed by atoms with Crippen LogP contribution in [-0.4, -0.2) is 11.9 Å². The van der Waals surface area contributed by atoms with Crippen LogP contribution in [0.4, 0.5) is 5.69 Å². The van der Waals surface area contributed by atoms with Crippen LogP contribution in [0.2, 0.25) is 0 Å². The van der Waals surface area contributed by atoms with Crippen LogP contribution in [0.3, 0.4) is 0 Å². The number of ether oxygens (including phenoxy) is 1. The Morgan fingerprint density at radius 2 is 1.65 bits per heavy atom. The molecule has 0 saturated carbocycles. The number of fused-ring (bicyclic) bond motifs is 1. The molecule has 3 aromatic carbocycles. The van der Waals surface area contributed by atoms with Gasteiger partial charge in [0.25, 0.3) is 0 Å². The highest BCUT2D eigenvalue weighted by atomic mass is 16.5. The molecule has 1 unspecified atom stereocenters. The number of esters is 1. The van der Waals surface area contributed by atoms with E-state index in [0.29, 0.717) is 17.0 Å². The summed E-state index contributed by atoms with van der Waals surface area (Å²) < 4.78 is 5.46. The molecule has 0 aliphatic heterocycles. The summed E-state index contributed by atoms with van der Waals surface area (Å²) in [5.41, 5.74) is 1.09. The number of hydrogen-bond acceptors (Lipinski definition) is 3. The minimum atomic E-state index is -0.430. The number of nitrogens with one attached hydrogen (secondary N) is 1. The molecule has 132 valence electrons. The zero-order chi connectivity index (χ0) is 18.5. The quantitative estimate of drug-likeness (QED) is 0.519. The van der Waals surface area contributed by atoms with Crippen molar-refractivity contribution in [3.8, 4) is 5.75 Å². The molecule has 1 amide bonds. The van der Waals surface area contributed by atoms with Gasteiger partial charge in [0.1, 0.15) is 5.75 Å². The van der Waals surface area contributed by atoms with Gasteiger partial charge in [0.2, 0.25) is 5.91 Å². The number of amides is 1. The van der Waals surface area contributed by atoms with Crippen LogP contribution in [0.25, 0.3) is 10.8 Å². The molecule has 0 heterocycles. The van der Waals surface area contributed by atoms with Crippen LogP contribution >= 0.6 is 0 Å². The summed E-state index contributed by atoms with van der Waals surface area (Å²) >= 11 is 0. The van der Waals surface area contributed by atoms with Crippen LogP contribution in [0.1, 0.15) is 30.6 Å². The lowest BCUT2D eigenvalue weighted by molar-refractivity contribution is -0.119. The molecule has 0 aliphatic rings. The van der Waals surface area contributed by atoms with E-state index in [-0.39, 0.29) is 11.8 Å². The molecule has 1 atom stereocenters. The van der Waals surface area contributed by atoms with Crippen LogP contribution < -0.4 is 10.1 Å². The van der Waals surface area contributed by atoms with E-state index >= 15 is 0 Å². The number of anilines is 1. The van der Waals surface area contributed by atoms with Crippen molar-refractivity contribution in [1.82, 2.24) is 0 Å². The fraction of sp³-hybridized carbons (Fsp3) is 0.182. The van der Waals surface area contributed by atoms with Crippen molar-refractivity contribution in [2.75, 3.05) is 5.32 Å². The summed E-state index contributed by atoms with van der Waals surface area (Å²) in [6, 6.07) is 20.1. The molecule has 0 spiro atoms. The number of benzene rings is 3. The Morgan fingerprint density at radius 3 is 2.35 bits per heavy atom. The van der Waals surface area contributed by atoms with Gasteiger partial charge in [0, 0.05) is 11.6 Å². The molecule has 0 fully saturated rings. The van der Waals surface area contributed by atoms with Gasteiger partial charge in [-0.15, -0.1) is 0 Å². The molecule has 4 heteroatoms. The Labute approximate surface area is 152 Å². The second-order valence-corrected chi connectivity index (χ2v) is 6.27. The van der Waals surface area contributed by atoms with E-state index in [1.807, 2.05) is 50.2 Å². The summed E-state index contributed by atoms with van der Waals surface area (Å²) in [5, 5.41) is 4.94. The van der Waals surface area contributed by atoms with Gasteiger partial charge in [-0.3, -0.25) is 4.79 Å². The Bertz CT molecular complexity index is 932. The lowest BCUT2D eigenvalue weighted by Gasteiger charge is -2.10. The number of hydrogen-bond donors (Lipinski definition) is 1. The first-order valence-electron chi connectivity index (χ1n) is 8.68. The molecule has 4 nitrogen and oxygen atoms in total. The molecular formula is C22H21NO3. The zero-order valence-corrected chi connectivity index (χ0v) is 14.9. The third-order valence-electron chi connectivity index (χ3n) is 4.38. The van der Waals surface area contributed by atoms with Gasteiger partial charge in [-0.1, -0.05) is 44.2 Å². The van der Waals surface area contributed by atoms with Gasteiger partial charge in [0.05, 0.1) is 5.56 Å². The average Bonchev–Trinajstić information content (AvgIpc) is 2.67. The Hall–Kier alpha value is -3.14. The van der Waals surface area contributed by atoms with E-state index in [2.05, 4.69) is 5.32 Å². The van der Waals surface area contributed by atoms with E-state index in [0.717, 1.165) is 17.2 Å². The Balaban J connectivity index is 1.68. The second kappa shape index (κ2) is 7.83. The minimum Gasteiger partial charge on any atom is -0.423 e. The average molecular weight is 347 g/mol. The largest absolute Gasteiger partial charge is 0.423 e. The third kappa shape index (κ3) is 4.09. The van der Waals surface area contributed by atoms with Crippen LogP contribution in [0.15, 0.2) is 66.7 Å². The molecule has 3 aromatic rings. The van der Waals surface area contributed by atoms with E-state index < -0.39 is 5.97 Å². The predicted octanol–water partition coefficient (Wildman–Crippen LogP) is 5.04. The predicted molar refractivity (Wildman–Crippen MR) is 103 cm³/mol. The highest BCUT2D eigenvalue weighted by molar-refractivity contribution is 5.95. The topological polar surface area (TPSA) is 55.4 Å². The summed E-state index contributed by atoms with van der Waals surface area (Å²) in [5.74, 6) is -0.00512. The zero-order valence-electron chi connectivity index (χ0n) is 14.9. The van der Waals surface area contributed by atoms with Gasteiger partial charge >= 0.3 is 5.97 Å². The lowest BCUT2D eigenvalue weighted by Crippen LogP contribution is -2.19. The normalized spacial score (nSPS) is 11.8. The fourth-order valence-electron chi connectivity index (χ4n) is 2.54. The molecule has 0 radical (unpaired) electrons.